The Morgan fingerprint density at radius 1 is 1.20 bits per heavy atom. The quantitative estimate of drug-likeness (QED) is 0.711. The minimum Gasteiger partial charge on any atom is -0.331 e. The van der Waals surface area contributed by atoms with Gasteiger partial charge in [-0.3, -0.25) is 10.1 Å². The molecule has 2 aromatic heterocycles. The largest absolute Gasteiger partial charge is 0.331 e. The molecule has 0 bridgehead atoms. The zero-order chi connectivity index (χ0) is 13.9. The number of fused-ring (bicyclic) bond motifs is 1. The lowest BCUT2D eigenvalue weighted by atomic mass is 10.2. The van der Waals surface area contributed by atoms with E-state index in [1.54, 1.807) is 6.07 Å². The van der Waals surface area contributed by atoms with Gasteiger partial charge in [0, 0.05) is 0 Å². The summed E-state index contributed by atoms with van der Waals surface area (Å²) in [5.74, 6) is -0.221. The van der Waals surface area contributed by atoms with Gasteiger partial charge in [-0.2, -0.15) is 8.75 Å². The van der Waals surface area contributed by atoms with Crippen molar-refractivity contribution < 1.29 is 4.79 Å². The Balaban J connectivity index is 1.73. The molecule has 0 fully saturated rings. The van der Waals surface area contributed by atoms with Crippen molar-refractivity contribution in [3.05, 3.63) is 40.6 Å². The van der Waals surface area contributed by atoms with E-state index in [1.807, 2.05) is 29.6 Å². The number of carbonyl (C=O) groups is 1. The van der Waals surface area contributed by atoms with Crippen molar-refractivity contribution in [2.75, 3.05) is 5.32 Å². The second-order valence-corrected chi connectivity index (χ2v) is 5.71. The Bertz CT molecular complexity index is 766. The van der Waals surface area contributed by atoms with Crippen molar-refractivity contribution in [2.24, 2.45) is 0 Å². The summed E-state index contributed by atoms with van der Waals surface area (Å²) in [6.07, 6.45) is 0. The molecular weight excluding hydrogens is 312 g/mol. The Hall–Kier alpha value is -1.90. The fourth-order valence-corrected chi connectivity index (χ4v) is 3.00. The number of hydrogen-bond acceptors (Lipinski definition) is 6. The molecule has 0 radical (unpaired) electrons. The van der Waals surface area contributed by atoms with Crippen LogP contribution >= 0.6 is 35.3 Å². The van der Waals surface area contributed by atoms with Gasteiger partial charge in [0.05, 0.1) is 22.3 Å². The first-order valence-electron chi connectivity index (χ1n) is 5.61. The van der Waals surface area contributed by atoms with Gasteiger partial charge < -0.3 is 5.32 Å². The molecule has 0 atom stereocenters. The van der Waals surface area contributed by atoms with Crippen LogP contribution < -0.4 is 10.6 Å². The second kappa shape index (κ2) is 5.61. The molecule has 5 nitrogen and oxygen atoms in total. The molecule has 3 rings (SSSR count). The fourth-order valence-electron chi connectivity index (χ4n) is 1.63. The molecule has 0 aliphatic carbocycles. The SMILES string of the molecule is O=C(NC(=S)Nc1cccc2nsnc12)c1cccs1. The van der Waals surface area contributed by atoms with Crippen LogP contribution in [0.1, 0.15) is 9.67 Å². The monoisotopic (exact) mass is 320 g/mol. The Morgan fingerprint density at radius 2 is 2.10 bits per heavy atom. The van der Waals surface area contributed by atoms with E-state index in [0.717, 1.165) is 28.4 Å². The number of nitrogens with one attached hydrogen (secondary N) is 2. The number of anilines is 1. The zero-order valence-electron chi connectivity index (χ0n) is 9.99. The first-order chi connectivity index (χ1) is 9.74. The Morgan fingerprint density at radius 3 is 2.90 bits per heavy atom. The highest BCUT2D eigenvalue weighted by Gasteiger charge is 2.10. The molecule has 100 valence electrons. The standard InChI is InChI=1S/C12H8N4OS3/c17-11(9-5-2-6-19-9)14-12(18)13-7-3-1-4-8-10(7)16-20-15-8/h1-6H,(H2,13,14,17,18). The number of aromatic nitrogens is 2. The van der Waals surface area contributed by atoms with Gasteiger partial charge in [-0.1, -0.05) is 12.1 Å². The number of amides is 1. The van der Waals surface area contributed by atoms with Gasteiger partial charge in [-0.05, 0) is 35.8 Å². The highest BCUT2D eigenvalue weighted by atomic mass is 32.1. The molecule has 0 aliphatic heterocycles. The summed E-state index contributed by atoms with van der Waals surface area (Å²) >= 11 is 7.64. The van der Waals surface area contributed by atoms with Gasteiger partial charge in [-0.15, -0.1) is 11.3 Å². The van der Waals surface area contributed by atoms with E-state index in [9.17, 15) is 4.79 Å². The van der Waals surface area contributed by atoms with Crippen LogP contribution in [0.25, 0.3) is 11.0 Å². The predicted molar refractivity (Wildman–Crippen MR) is 85.4 cm³/mol. The molecule has 1 aromatic carbocycles. The molecule has 0 saturated carbocycles. The van der Waals surface area contributed by atoms with E-state index in [1.165, 1.54) is 11.3 Å². The van der Waals surface area contributed by atoms with Crippen molar-refractivity contribution in [2.45, 2.75) is 0 Å². The van der Waals surface area contributed by atoms with Crippen LogP contribution in [0.3, 0.4) is 0 Å². The normalized spacial score (nSPS) is 10.4. The average Bonchev–Trinajstić information content (AvgIpc) is 3.10. The van der Waals surface area contributed by atoms with Crippen molar-refractivity contribution in [1.29, 1.82) is 0 Å². The lowest BCUT2D eigenvalue weighted by Crippen LogP contribution is -2.33. The smallest absolute Gasteiger partial charge is 0.267 e. The maximum atomic E-state index is 11.9. The Kier molecular flexibility index (Phi) is 3.68. The molecule has 2 heterocycles. The van der Waals surface area contributed by atoms with Crippen LogP contribution in [0.15, 0.2) is 35.7 Å². The molecule has 20 heavy (non-hydrogen) atoms. The van der Waals surface area contributed by atoms with Crippen LogP contribution in [-0.4, -0.2) is 19.8 Å². The molecular formula is C12H8N4OS3. The minimum atomic E-state index is -0.221. The van der Waals surface area contributed by atoms with Crippen LogP contribution in [0, 0.1) is 0 Å². The average molecular weight is 320 g/mol. The van der Waals surface area contributed by atoms with Gasteiger partial charge in [0.1, 0.15) is 11.0 Å². The van der Waals surface area contributed by atoms with Gasteiger partial charge >= 0.3 is 0 Å². The summed E-state index contributed by atoms with van der Waals surface area (Å²) in [5.41, 5.74) is 2.27. The highest BCUT2D eigenvalue weighted by molar-refractivity contribution is 7.80. The van der Waals surface area contributed by atoms with E-state index >= 15 is 0 Å². The second-order valence-electron chi connectivity index (χ2n) is 3.82. The summed E-state index contributed by atoms with van der Waals surface area (Å²) in [6, 6.07) is 9.13. The van der Waals surface area contributed by atoms with Crippen molar-refractivity contribution in [3.8, 4) is 0 Å². The molecule has 0 saturated heterocycles. The molecule has 0 spiro atoms. The molecule has 1 amide bonds. The van der Waals surface area contributed by atoms with Crippen LogP contribution in [0.5, 0.6) is 0 Å². The third-order valence-corrected chi connectivity index (χ3v) is 4.12. The number of nitrogens with zero attached hydrogens (tertiary/aromatic N) is 2. The van der Waals surface area contributed by atoms with Crippen molar-refractivity contribution in [3.63, 3.8) is 0 Å². The third kappa shape index (κ3) is 2.67. The number of thiophene rings is 1. The maximum Gasteiger partial charge on any atom is 0.267 e. The van der Waals surface area contributed by atoms with Crippen LogP contribution in [0.2, 0.25) is 0 Å². The van der Waals surface area contributed by atoms with Gasteiger partial charge in [0.15, 0.2) is 5.11 Å². The number of thiocarbonyl (C=S) groups is 1. The van der Waals surface area contributed by atoms with E-state index < -0.39 is 0 Å². The minimum absolute atomic E-state index is 0.221. The fraction of sp³-hybridized carbons (Fsp3) is 0. The summed E-state index contributed by atoms with van der Waals surface area (Å²) in [7, 11) is 0. The summed E-state index contributed by atoms with van der Waals surface area (Å²) in [5, 5.41) is 7.69. The maximum absolute atomic E-state index is 11.9. The molecule has 0 aliphatic rings. The van der Waals surface area contributed by atoms with Crippen molar-refractivity contribution in [1.82, 2.24) is 14.1 Å². The topological polar surface area (TPSA) is 66.9 Å². The number of benzene rings is 1. The van der Waals surface area contributed by atoms with Gasteiger partial charge in [0.25, 0.3) is 5.91 Å². The molecule has 2 N–H and O–H groups in total. The molecule has 3 aromatic rings. The van der Waals surface area contributed by atoms with Gasteiger partial charge in [-0.25, -0.2) is 0 Å². The lowest BCUT2D eigenvalue weighted by Gasteiger charge is -2.08. The van der Waals surface area contributed by atoms with E-state index in [4.69, 9.17) is 12.2 Å². The van der Waals surface area contributed by atoms with Crippen molar-refractivity contribution >= 4 is 63.0 Å². The number of carbonyl (C=O) groups excluding carboxylic acids is 1. The predicted octanol–water partition coefficient (Wildman–Crippen LogP) is 2.88. The van der Waals surface area contributed by atoms with E-state index in [-0.39, 0.29) is 11.0 Å². The van der Waals surface area contributed by atoms with E-state index in [0.29, 0.717) is 4.88 Å². The summed E-state index contributed by atoms with van der Waals surface area (Å²) in [4.78, 5) is 12.5. The highest BCUT2D eigenvalue weighted by Crippen LogP contribution is 2.21. The summed E-state index contributed by atoms with van der Waals surface area (Å²) < 4.78 is 8.35. The molecule has 8 heteroatoms. The first kappa shape index (κ1) is 13.1. The third-order valence-electron chi connectivity index (χ3n) is 2.51. The van der Waals surface area contributed by atoms with E-state index in [2.05, 4.69) is 19.4 Å². The van der Waals surface area contributed by atoms with Gasteiger partial charge in [0.2, 0.25) is 0 Å². The van der Waals surface area contributed by atoms with Crippen LogP contribution in [0.4, 0.5) is 5.69 Å². The Labute approximate surface area is 128 Å². The van der Waals surface area contributed by atoms with Crippen LogP contribution in [-0.2, 0) is 0 Å². The lowest BCUT2D eigenvalue weighted by molar-refractivity contribution is 0.0981. The zero-order valence-corrected chi connectivity index (χ0v) is 12.4. The number of hydrogen-bond donors (Lipinski definition) is 2. The summed E-state index contributed by atoms with van der Waals surface area (Å²) in [6.45, 7) is 0. The first-order valence-corrected chi connectivity index (χ1v) is 7.63. The number of rotatable bonds is 2. The molecule has 0 unspecified atom stereocenters.